The number of halogens is 3. The second-order valence-corrected chi connectivity index (χ2v) is 9.79. The lowest BCUT2D eigenvalue weighted by molar-refractivity contribution is 0.0906. The summed E-state index contributed by atoms with van der Waals surface area (Å²) in [5.74, 6) is -0.603. The molecule has 2 aromatic carbocycles. The largest absolute Gasteiger partial charge is 0.374 e. The number of rotatable bonds is 7. The Morgan fingerprint density at radius 2 is 1.55 bits per heavy atom. The molecular formula is C29H35F3O. The van der Waals surface area contributed by atoms with Crippen molar-refractivity contribution >= 4 is 0 Å². The molecule has 2 aromatic rings. The van der Waals surface area contributed by atoms with E-state index in [0.717, 1.165) is 57.8 Å². The van der Waals surface area contributed by atoms with Crippen molar-refractivity contribution in [3.8, 4) is 11.1 Å². The fourth-order valence-electron chi connectivity index (χ4n) is 5.61. The van der Waals surface area contributed by atoms with Gasteiger partial charge in [0.2, 0.25) is 0 Å². The second-order valence-electron chi connectivity index (χ2n) is 9.79. The third-order valence-electron chi connectivity index (χ3n) is 7.80. The predicted molar refractivity (Wildman–Crippen MR) is 128 cm³/mol. The van der Waals surface area contributed by atoms with E-state index in [1.807, 2.05) is 24.3 Å². The summed E-state index contributed by atoms with van der Waals surface area (Å²) in [6.07, 6.45) is 9.89. The van der Waals surface area contributed by atoms with Crippen LogP contribution in [-0.4, -0.2) is 13.2 Å². The minimum absolute atomic E-state index is 0.0711. The van der Waals surface area contributed by atoms with Gasteiger partial charge < -0.3 is 4.74 Å². The highest BCUT2D eigenvalue weighted by molar-refractivity contribution is 5.65. The lowest BCUT2D eigenvalue weighted by atomic mass is 9.75. The fraction of sp³-hybridized carbons (Fsp3) is 0.517. The minimum Gasteiger partial charge on any atom is -0.374 e. The third kappa shape index (κ3) is 5.54. The summed E-state index contributed by atoms with van der Waals surface area (Å²) >= 11 is 0. The average Bonchev–Trinajstić information content (AvgIpc) is 2.85. The van der Waals surface area contributed by atoms with Gasteiger partial charge >= 0.3 is 0 Å². The molecule has 2 aliphatic rings. The Kier molecular flexibility index (Phi) is 7.95. The quantitative estimate of drug-likeness (QED) is 0.406. The molecule has 4 rings (SSSR count). The van der Waals surface area contributed by atoms with Crippen LogP contribution in [0.1, 0.15) is 75.3 Å². The molecule has 0 amide bonds. The normalized spacial score (nSPS) is 25.7. The van der Waals surface area contributed by atoms with Crippen molar-refractivity contribution in [3.63, 3.8) is 0 Å². The standard InChI is InChI=1S/C29H35F3O/c1-3-19-6-11-22(12-7-19)24-15-16-25(29(32)28(24)31)23-13-8-20(9-14-23)4-5-21-10-17-27(33-2)26(30)18-21/h6-7,11-12,15-16,18,20-21,23,27H,3-5,8-10,13-14,17H2,1-2H3. The van der Waals surface area contributed by atoms with Crippen LogP contribution in [0.2, 0.25) is 0 Å². The SMILES string of the molecule is CCc1ccc(-c2ccc(C3CCC(CCC4C=C(F)C(OC)CC4)CC3)c(F)c2F)cc1. The van der Waals surface area contributed by atoms with Gasteiger partial charge in [0.05, 0.1) is 0 Å². The lowest BCUT2D eigenvalue weighted by Gasteiger charge is -2.30. The first-order valence-electron chi connectivity index (χ1n) is 12.5. The topological polar surface area (TPSA) is 9.23 Å². The highest BCUT2D eigenvalue weighted by atomic mass is 19.2. The van der Waals surface area contributed by atoms with Crippen molar-refractivity contribution in [2.24, 2.45) is 11.8 Å². The molecule has 0 bridgehead atoms. The molecule has 2 aliphatic carbocycles. The summed E-state index contributed by atoms with van der Waals surface area (Å²) in [7, 11) is 1.56. The number of allylic oxidation sites excluding steroid dienone is 1. The first-order chi connectivity index (χ1) is 16.0. The van der Waals surface area contributed by atoms with E-state index in [1.54, 1.807) is 25.3 Å². The van der Waals surface area contributed by atoms with Crippen molar-refractivity contribution in [1.29, 1.82) is 0 Å². The zero-order valence-electron chi connectivity index (χ0n) is 19.8. The average molecular weight is 457 g/mol. The molecule has 0 spiro atoms. The minimum atomic E-state index is -0.737. The van der Waals surface area contributed by atoms with Crippen LogP contribution in [0.3, 0.4) is 0 Å². The van der Waals surface area contributed by atoms with Gasteiger partial charge in [-0.25, -0.2) is 13.2 Å². The highest BCUT2D eigenvalue weighted by Gasteiger charge is 2.28. The van der Waals surface area contributed by atoms with E-state index in [4.69, 9.17) is 4.74 Å². The molecule has 33 heavy (non-hydrogen) atoms. The summed E-state index contributed by atoms with van der Waals surface area (Å²) in [6, 6.07) is 11.2. The fourth-order valence-corrected chi connectivity index (χ4v) is 5.61. The molecule has 1 saturated carbocycles. The van der Waals surface area contributed by atoms with Gasteiger partial charge in [-0.3, -0.25) is 0 Å². The van der Waals surface area contributed by atoms with Gasteiger partial charge in [-0.1, -0.05) is 43.3 Å². The molecule has 2 unspecified atom stereocenters. The zero-order valence-corrected chi connectivity index (χ0v) is 19.8. The van der Waals surface area contributed by atoms with Crippen molar-refractivity contribution in [2.75, 3.05) is 7.11 Å². The number of hydrogen-bond donors (Lipinski definition) is 0. The van der Waals surface area contributed by atoms with E-state index in [2.05, 4.69) is 6.92 Å². The van der Waals surface area contributed by atoms with Crippen molar-refractivity contribution in [3.05, 3.63) is 71.1 Å². The highest BCUT2D eigenvalue weighted by Crippen LogP contribution is 2.41. The van der Waals surface area contributed by atoms with E-state index >= 15 is 4.39 Å². The maximum absolute atomic E-state index is 15.0. The summed E-state index contributed by atoms with van der Waals surface area (Å²) in [5, 5.41) is 0. The molecule has 178 valence electrons. The summed E-state index contributed by atoms with van der Waals surface area (Å²) in [4.78, 5) is 0. The van der Waals surface area contributed by atoms with Gasteiger partial charge in [0.1, 0.15) is 11.9 Å². The first kappa shape index (κ1) is 24.1. The third-order valence-corrected chi connectivity index (χ3v) is 7.80. The Hall–Kier alpha value is -2.07. The second kappa shape index (κ2) is 10.9. The molecule has 1 nitrogen and oxygen atoms in total. The van der Waals surface area contributed by atoms with Crippen LogP contribution in [0.25, 0.3) is 11.1 Å². The number of ether oxygens (including phenoxy) is 1. The molecule has 1 fully saturated rings. The Balaban J connectivity index is 1.34. The smallest absolute Gasteiger partial charge is 0.166 e. The number of methoxy groups -OCH3 is 1. The van der Waals surface area contributed by atoms with Crippen LogP contribution >= 0.6 is 0 Å². The van der Waals surface area contributed by atoms with E-state index < -0.39 is 11.6 Å². The molecule has 0 N–H and O–H groups in total. The number of hydrogen-bond acceptors (Lipinski definition) is 1. The summed E-state index contributed by atoms with van der Waals surface area (Å²) in [5.41, 5.74) is 2.74. The molecule has 4 heteroatoms. The van der Waals surface area contributed by atoms with Crippen LogP contribution in [0.4, 0.5) is 13.2 Å². The van der Waals surface area contributed by atoms with E-state index in [-0.39, 0.29) is 17.8 Å². The molecule has 0 radical (unpaired) electrons. The molecule has 2 atom stereocenters. The van der Waals surface area contributed by atoms with Gasteiger partial charge in [-0.2, -0.15) is 0 Å². The monoisotopic (exact) mass is 456 g/mol. The Bertz CT molecular complexity index is 958. The molecule has 0 aromatic heterocycles. The van der Waals surface area contributed by atoms with E-state index in [1.165, 1.54) is 5.56 Å². The van der Waals surface area contributed by atoms with Gasteiger partial charge in [0.25, 0.3) is 0 Å². The van der Waals surface area contributed by atoms with Crippen LogP contribution < -0.4 is 0 Å². The maximum Gasteiger partial charge on any atom is 0.166 e. The Morgan fingerprint density at radius 3 is 2.18 bits per heavy atom. The summed E-state index contributed by atoms with van der Waals surface area (Å²) < 4.78 is 49.2. The molecule has 0 saturated heterocycles. The van der Waals surface area contributed by atoms with Crippen molar-refractivity contribution < 1.29 is 17.9 Å². The Labute approximate surface area is 196 Å². The Morgan fingerprint density at radius 1 is 0.818 bits per heavy atom. The van der Waals surface area contributed by atoms with Gasteiger partial charge in [0.15, 0.2) is 11.6 Å². The lowest BCUT2D eigenvalue weighted by Crippen LogP contribution is -2.20. The predicted octanol–water partition coefficient (Wildman–Crippen LogP) is 8.53. The maximum atomic E-state index is 15.0. The van der Waals surface area contributed by atoms with Gasteiger partial charge in [-0.05, 0) is 98.3 Å². The van der Waals surface area contributed by atoms with Crippen LogP contribution in [-0.2, 0) is 11.2 Å². The first-order valence-corrected chi connectivity index (χ1v) is 12.5. The van der Waals surface area contributed by atoms with E-state index in [9.17, 15) is 8.78 Å². The van der Waals surface area contributed by atoms with Crippen LogP contribution in [0, 0.1) is 23.5 Å². The summed E-state index contributed by atoms with van der Waals surface area (Å²) in [6.45, 7) is 2.07. The van der Waals surface area contributed by atoms with Crippen molar-refractivity contribution in [2.45, 2.75) is 76.7 Å². The zero-order chi connectivity index (χ0) is 23.4. The molecule has 0 heterocycles. The number of benzene rings is 2. The number of aryl methyl sites for hydroxylation is 1. The molecule has 0 aliphatic heterocycles. The van der Waals surface area contributed by atoms with Crippen LogP contribution in [0.15, 0.2) is 48.3 Å². The van der Waals surface area contributed by atoms with Crippen LogP contribution in [0.5, 0.6) is 0 Å². The van der Waals surface area contributed by atoms with Gasteiger partial charge in [-0.15, -0.1) is 0 Å². The van der Waals surface area contributed by atoms with Gasteiger partial charge in [0, 0.05) is 12.7 Å². The molecular weight excluding hydrogens is 421 g/mol. The van der Waals surface area contributed by atoms with Crippen molar-refractivity contribution in [1.82, 2.24) is 0 Å². The van der Waals surface area contributed by atoms with E-state index in [0.29, 0.717) is 28.5 Å².